The van der Waals surface area contributed by atoms with Gasteiger partial charge in [0.2, 0.25) is 0 Å². The molecule has 0 saturated carbocycles. The van der Waals surface area contributed by atoms with E-state index in [1.54, 1.807) is 12.3 Å². The quantitative estimate of drug-likeness (QED) is 0.909. The molecule has 0 atom stereocenters. The highest BCUT2D eigenvalue weighted by Gasteiger charge is 2.07. The van der Waals surface area contributed by atoms with E-state index in [9.17, 15) is 4.79 Å². The van der Waals surface area contributed by atoms with Crippen LogP contribution >= 0.6 is 15.9 Å². The van der Waals surface area contributed by atoms with Crippen LogP contribution in [0.3, 0.4) is 0 Å². The summed E-state index contributed by atoms with van der Waals surface area (Å²) in [5, 5.41) is 9.11. The van der Waals surface area contributed by atoms with Gasteiger partial charge in [-0.25, -0.2) is 4.79 Å². The van der Waals surface area contributed by atoms with Crippen molar-refractivity contribution in [2.45, 2.75) is 20.4 Å². The van der Waals surface area contributed by atoms with Crippen molar-refractivity contribution in [2.24, 2.45) is 0 Å². The largest absolute Gasteiger partial charge is 0.358 e. The average Bonchev–Trinajstić information content (AvgIpc) is 2.77. The summed E-state index contributed by atoms with van der Waals surface area (Å²) in [5.74, 6) is 0.574. The first-order valence-corrected chi connectivity index (χ1v) is 6.43. The monoisotopic (exact) mass is 324 g/mol. The van der Waals surface area contributed by atoms with Crippen molar-refractivity contribution >= 4 is 27.6 Å². The summed E-state index contributed by atoms with van der Waals surface area (Å²) in [6.07, 6.45) is 1.72. The van der Waals surface area contributed by atoms with Crippen molar-refractivity contribution in [3.63, 3.8) is 0 Å². The third kappa shape index (κ3) is 3.78. The summed E-state index contributed by atoms with van der Waals surface area (Å²) in [7, 11) is 0. The first kappa shape index (κ1) is 13.5. The lowest BCUT2D eigenvalue weighted by Crippen LogP contribution is -2.28. The van der Waals surface area contributed by atoms with E-state index in [1.165, 1.54) is 0 Å². The lowest BCUT2D eigenvalue weighted by molar-refractivity contribution is 0.250. The Kier molecular flexibility index (Phi) is 4.16. The number of rotatable bonds is 3. The molecule has 0 aliphatic heterocycles. The number of anilines is 1. The van der Waals surface area contributed by atoms with Gasteiger partial charge in [-0.3, -0.25) is 4.98 Å². The topological polar surface area (TPSA) is 80.0 Å². The maximum Gasteiger partial charge on any atom is 0.319 e. The molecular weight excluding hydrogens is 312 g/mol. The molecule has 2 N–H and O–H groups in total. The van der Waals surface area contributed by atoms with Gasteiger partial charge in [0, 0.05) is 23.6 Å². The van der Waals surface area contributed by atoms with E-state index in [4.69, 9.17) is 4.52 Å². The van der Waals surface area contributed by atoms with E-state index in [2.05, 4.69) is 36.7 Å². The summed E-state index contributed by atoms with van der Waals surface area (Å²) in [6.45, 7) is 4.03. The van der Waals surface area contributed by atoms with Crippen LogP contribution in [0.25, 0.3) is 0 Å². The molecule has 2 heterocycles. The van der Waals surface area contributed by atoms with Gasteiger partial charge in [0.1, 0.15) is 4.60 Å². The second kappa shape index (κ2) is 5.83. The zero-order chi connectivity index (χ0) is 13.8. The first-order chi connectivity index (χ1) is 9.04. The van der Waals surface area contributed by atoms with Gasteiger partial charge >= 0.3 is 6.03 Å². The third-order valence-corrected chi connectivity index (χ3v) is 2.82. The number of hydrogen-bond acceptors (Lipinski definition) is 4. The number of aryl methyl sites for hydroxylation is 2. The maximum absolute atomic E-state index is 11.7. The minimum absolute atomic E-state index is 0.271. The van der Waals surface area contributed by atoms with Gasteiger partial charge in [-0.15, -0.1) is 0 Å². The Morgan fingerprint density at radius 1 is 1.42 bits per heavy atom. The number of carbonyl (C=O) groups is 1. The van der Waals surface area contributed by atoms with Gasteiger partial charge in [0.05, 0.1) is 6.54 Å². The molecule has 100 valence electrons. The van der Waals surface area contributed by atoms with Gasteiger partial charge in [-0.05, 0) is 41.4 Å². The predicted molar refractivity (Wildman–Crippen MR) is 73.8 cm³/mol. The molecule has 0 saturated heterocycles. The molecule has 0 aliphatic rings. The van der Waals surface area contributed by atoms with Crippen LogP contribution in [0.5, 0.6) is 0 Å². The fourth-order valence-corrected chi connectivity index (χ4v) is 1.80. The van der Waals surface area contributed by atoms with Crippen LogP contribution in [0.4, 0.5) is 10.5 Å². The van der Waals surface area contributed by atoms with Crippen molar-refractivity contribution in [3.05, 3.63) is 40.0 Å². The number of amides is 2. The van der Waals surface area contributed by atoms with Crippen LogP contribution in [-0.4, -0.2) is 16.2 Å². The number of pyridine rings is 1. The summed E-state index contributed by atoms with van der Waals surface area (Å²) >= 11 is 3.17. The zero-order valence-corrected chi connectivity index (χ0v) is 12.1. The molecule has 2 aromatic heterocycles. The van der Waals surface area contributed by atoms with E-state index < -0.39 is 0 Å². The molecule has 7 heteroatoms. The fraction of sp³-hybridized carbons (Fsp3) is 0.250. The van der Waals surface area contributed by atoms with Crippen LogP contribution in [-0.2, 0) is 6.54 Å². The van der Waals surface area contributed by atoms with Gasteiger partial charge < -0.3 is 15.2 Å². The molecule has 0 aliphatic carbocycles. The molecule has 0 aromatic carbocycles. The molecule has 0 unspecified atom stereocenters. The minimum atomic E-state index is -0.304. The second-order valence-electron chi connectivity index (χ2n) is 4.06. The summed E-state index contributed by atoms with van der Waals surface area (Å²) in [4.78, 5) is 15.9. The van der Waals surface area contributed by atoms with Crippen molar-refractivity contribution in [1.29, 1.82) is 0 Å². The SMILES string of the molecule is Cc1cc(NC(=O)NCc2cc(Br)no2)c(C)cn1. The number of aromatic nitrogens is 2. The second-order valence-corrected chi connectivity index (χ2v) is 4.88. The Morgan fingerprint density at radius 3 is 2.89 bits per heavy atom. The number of nitrogens with one attached hydrogen (secondary N) is 2. The van der Waals surface area contributed by atoms with Gasteiger partial charge in [-0.1, -0.05) is 5.16 Å². The Hall–Kier alpha value is -1.89. The van der Waals surface area contributed by atoms with Crippen molar-refractivity contribution in [2.75, 3.05) is 5.32 Å². The van der Waals surface area contributed by atoms with Crippen LogP contribution in [0.1, 0.15) is 17.0 Å². The lowest BCUT2D eigenvalue weighted by Gasteiger charge is -2.09. The van der Waals surface area contributed by atoms with Gasteiger partial charge in [0.25, 0.3) is 0 Å². The van der Waals surface area contributed by atoms with Crippen LogP contribution in [0.2, 0.25) is 0 Å². The number of carbonyl (C=O) groups excluding carboxylic acids is 1. The number of nitrogens with zero attached hydrogens (tertiary/aromatic N) is 2. The molecule has 19 heavy (non-hydrogen) atoms. The molecule has 0 radical (unpaired) electrons. The summed E-state index contributed by atoms with van der Waals surface area (Å²) in [5.41, 5.74) is 2.49. The Morgan fingerprint density at radius 2 is 2.21 bits per heavy atom. The van der Waals surface area contributed by atoms with E-state index in [0.29, 0.717) is 10.4 Å². The fourth-order valence-electron chi connectivity index (χ4n) is 1.47. The summed E-state index contributed by atoms with van der Waals surface area (Å²) in [6, 6.07) is 3.21. The van der Waals surface area contributed by atoms with Crippen LogP contribution in [0, 0.1) is 13.8 Å². The number of hydrogen-bond donors (Lipinski definition) is 2. The Balaban J connectivity index is 1.92. The van der Waals surface area contributed by atoms with E-state index in [-0.39, 0.29) is 12.6 Å². The molecule has 0 spiro atoms. The van der Waals surface area contributed by atoms with Crippen molar-refractivity contribution in [1.82, 2.24) is 15.5 Å². The number of urea groups is 1. The van der Waals surface area contributed by atoms with E-state index >= 15 is 0 Å². The lowest BCUT2D eigenvalue weighted by atomic mass is 10.2. The zero-order valence-electron chi connectivity index (χ0n) is 10.5. The normalized spacial score (nSPS) is 10.3. The highest BCUT2D eigenvalue weighted by molar-refractivity contribution is 9.10. The van der Waals surface area contributed by atoms with Crippen molar-refractivity contribution < 1.29 is 9.32 Å². The molecule has 2 rings (SSSR count). The Labute approximate surface area is 118 Å². The van der Waals surface area contributed by atoms with E-state index in [1.807, 2.05) is 19.9 Å². The third-order valence-electron chi connectivity index (χ3n) is 2.44. The van der Waals surface area contributed by atoms with Gasteiger partial charge in [0.15, 0.2) is 5.76 Å². The average molecular weight is 325 g/mol. The highest BCUT2D eigenvalue weighted by Crippen LogP contribution is 2.14. The molecule has 2 aromatic rings. The molecular formula is C12H13BrN4O2. The number of halogens is 1. The van der Waals surface area contributed by atoms with Crippen LogP contribution in [0.15, 0.2) is 27.5 Å². The predicted octanol–water partition coefficient (Wildman–Crippen LogP) is 2.77. The van der Waals surface area contributed by atoms with E-state index in [0.717, 1.165) is 16.9 Å². The maximum atomic E-state index is 11.7. The molecule has 0 fully saturated rings. The smallest absolute Gasteiger partial charge is 0.319 e. The van der Waals surface area contributed by atoms with Crippen LogP contribution < -0.4 is 10.6 Å². The summed E-state index contributed by atoms with van der Waals surface area (Å²) < 4.78 is 5.56. The first-order valence-electron chi connectivity index (χ1n) is 5.64. The van der Waals surface area contributed by atoms with Gasteiger partial charge in [-0.2, -0.15) is 0 Å². The molecule has 6 nitrogen and oxygen atoms in total. The molecule has 0 bridgehead atoms. The highest BCUT2D eigenvalue weighted by atomic mass is 79.9. The standard InChI is InChI=1S/C12H13BrN4O2/c1-7-5-14-8(2)3-10(7)16-12(18)15-6-9-4-11(13)17-19-9/h3-5H,6H2,1-2H3,(H2,14,15,16,18). The van der Waals surface area contributed by atoms with Crippen molar-refractivity contribution in [3.8, 4) is 0 Å². The molecule has 2 amide bonds. The Bertz CT molecular complexity index is 597. The minimum Gasteiger partial charge on any atom is -0.358 e.